The van der Waals surface area contributed by atoms with Crippen molar-refractivity contribution in [2.75, 3.05) is 23.3 Å². The van der Waals surface area contributed by atoms with E-state index in [0.717, 1.165) is 25.0 Å². The molecular formula is C21H20F2N2O3. The summed E-state index contributed by atoms with van der Waals surface area (Å²) >= 11 is 0. The quantitative estimate of drug-likeness (QED) is 0.818. The van der Waals surface area contributed by atoms with Crippen LogP contribution >= 0.6 is 0 Å². The molecule has 0 bridgehead atoms. The minimum Gasteiger partial charge on any atom is -0.445 e. The normalized spacial score (nSPS) is 21.2. The number of cyclic esters (lactones) is 1. The molecule has 0 radical (unpaired) electrons. The Morgan fingerprint density at radius 2 is 1.79 bits per heavy atom. The second-order valence-corrected chi connectivity index (χ2v) is 7.39. The van der Waals surface area contributed by atoms with Crippen LogP contribution in [-0.4, -0.2) is 30.6 Å². The molecule has 0 saturated carbocycles. The van der Waals surface area contributed by atoms with Gasteiger partial charge < -0.3 is 15.0 Å². The van der Waals surface area contributed by atoms with Gasteiger partial charge in [-0.3, -0.25) is 4.79 Å². The molecule has 1 N–H and O–H groups in total. The van der Waals surface area contributed by atoms with Gasteiger partial charge in [-0.15, -0.1) is 0 Å². The summed E-state index contributed by atoms with van der Waals surface area (Å²) in [6.45, 7) is 2.70. The van der Waals surface area contributed by atoms with Crippen molar-refractivity contribution in [3.8, 4) is 0 Å². The average Bonchev–Trinajstić information content (AvgIpc) is 3.15. The molecule has 1 saturated heterocycles. The Hall–Kier alpha value is -2.96. The maximum absolute atomic E-state index is 14.5. The first-order chi connectivity index (χ1) is 13.4. The van der Waals surface area contributed by atoms with E-state index in [9.17, 15) is 18.4 Å². The molecule has 0 spiro atoms. The number of nitrogens with zero attached hydrogens (tertiary/aromatic N) is 1. The highest BCUT2D eigenvalue weighted by molar-refractivity contribution is 6.02. The van der Waals surface area contributed by atoms with Gasteiger partial charge >= 0.3 is 5.97 Å². The zero-order valence-electron chi connectivity index (χ0n) is 15.4. The maximum atomic E-state index is 14.5. The molecule has 2 aliphatic rings. The van der Waals surface area contributed by atoms with Crippen molar-refractivity contribution < 1.29 is 23.1 Å². The van der Waals surface area contributed by atoms with Gasteiger partial charge in [0, 0.05) is 25.2 Å². The highest BCUT2D eigenvalue weighted by atomic mass is 19.1. The number of hydrogen-bond acceptors (Lipinski definition) is 4. The number of ether oxygens (including phenoxy) is 1. The van der Waals surface area contributed by atoms with Crippen LogP contribution in [0.3, 0.4) is 0 Å². The van der Waals surface area contributed by atoms with Crippen molar-refractivity contribution in [2.45, 2.75) is 31.8 Å². The van der Waals surface area contributed by atoms with Gasteiger partial charge in [0.05, 0.1) is 5.56 Å². The fourth-order valence-corrected chi connectivity index (χ4v) is 3.80. The second-order valence-electron chi connectivity index (χ2n) is 7.39. The molecule has 7 heteroatoms. The van der Waals surface area contributed by atoms with E-state index in [0.29, 0.717) is 24.2 Å². The zero-order chi connectivity index (χ0) is 19.9. The number of rotatable bonds is 3. The van der Waals surface area contributed by atoms with E-state index in [1.54, 1.807) is 29.2 Å². The third-order valence-electron chi connectivity index (χ3n) is 5.26. The Bertz CT molecular complexity index is 933. The fraction of sp³-hybridized carbons (Fsp3) is 0.333. The molecule has 1 unspecified atom stereocenters. The van der Waals surface area contributed by atoms with Crippen molar-refractivity contribution in [1.29, 1.82) is 0 Å². The average molecular weight is 386 g/mol. The van der Waals surface area contributed by atoms with Crippen LogP contribution in [0.4, 0.5) is 20.2 Å². The van der Waals surface area contributed by atoms with Crippen LogP contribution in [0, 0.1) is 11.6 Å². The first-order valence-corrected chi connectivity index (χ1v) is 9.24. The molecule has 146 valence electrons. The molecular weight excluding hydrogens is 366 g/mol. The summed E-state index contributed by atoms with van der Waals surface area (Å²) in [5.41, 5.74) is -0.441. The SMILES string of the molecule is CC1(C(=O)Nc2cc(F)c(N3CCCC3)c(F)c2)Cc2ccccc2C(=O)O1. The van der Waals surface area contributed by atoms with E-state index in [-0.39, 0.29) is 17.8 Å². The first kappa shape index (κ1) is 18.4. The Balaban J connectivity index is 1.56. The van der Waals surface area contributed by atoms with E-state index < -0.39 is 29.1 Å². The molecule has 28 heavy (non-hydrogen) atoms. The predicted molar refractivity (Wildman–Crippen MR) is 100 cm³/mol. The number of fused-ring (bicyclic) bond motifs is 1. The number of carbonyl (C=O) groups excluding carboxylic acids is 2. The molecule has 1 amide bonds. The topological polar surface area (TPSA) is 58.6 Å². The van der Waals surface area contributed by atoms with Crippen LogP contribution in [0.2, 0.25) is 0 Å². The van der Waals surface area contributed by atoms with Gasteiger partial charge in [0.1, 0.15) is 5.69 Å². The molecule has 4 rings (SSSR count). The molecule has 2 heterocycles. The summed E-state index contributed by atoms with van der Waals surface area (Å²) in [5, 5.41) is 2.49. The molecule has 2 aromatic carbocycles. The van der Waals surface area contributed by atoms with Gasteiger partial charge in [-0.1, -0.05) is 18.2 Å². The molecule has 1 fully saturated rings. The largest absolute Gasteiger partial charge is 0.445 e. The van der Waals surface area contributed by atoms with E-state index in [2.05, 4.69) is 5.32 Å². The maximum Gasteiger partial charge on any atom is 0.339 e. The van der Waals surface area contributed by atoms with Crippen LogP contribution in [0.5, 0.6) is 0 Å². The summed E-state index contributed by atoms with van der Waals surface area (Å²) in [6, 6.07) is 9.07. The molecule has 1 atom stereocenters. The number of halogens is 2. The standard InChI is InChI=1S/C21H20F2N2O3/c1-21(12-13-6-2-3-7-15(13)19(26)28-21)20(27)24-14-10-16(22)18(17(23)11-14)25-8-4-5-9-25/h2-3,6-7,10-11H,4-5,8-9,12H2,1H3,(H,24,27). The van der Waals surface area contributed by atoms with Crippen molar-refractivity contribution in [1.82, 2.24) is 0 Å². The van der Waals surface area contributed by atoms with E-state index in [1.165, 1.54) is 6.92 Å². The summed E-state index contributed by atoms with van der Waals surface area (Å²) in [7, 11) is 0. The van der Waals surface area contributed by atoms with E-state index in [4.69, 9.17) is 4.74 Å². The van der Waals surface area contributed by atoms with Gasteiger partial charge in [-0.05, 0) is 43.5 Å². The lowest BCUT2D eigenvalue weighted by Crippen LogP contribution is -2.48. The van der Waals surface area contributed by atoms with Crippen LogP contribution in [-0.2, 0) is 16.0 Å². The zero-order valence-corrected chi connectivity index (χ0v) is 15.4. The minimum atomic E-state index is -1.47. The number of esters is 1. The number of carbonyl (C=O) groups is 2. The Morgan fingerprint density at radius 1 is 1.14 bits per heavy atom. The lowest BCUT2D eigenvalue weighted by Gasteiger charge is -2.33. The van der Waals surface area contributed by atoms with E-state index in [1.807, 2.05) is 0 Å². The fourth-order valence-electron chi connectivity index (χ4n) is 3.80. The van der Waals surface area contributed by atoms with Crippen molar-refractivity contribution in [3.63, 3.8) is 0 Å². The van der Waals surface area contributed by atoms with Crippen LogP contribution < -0.4 is 10.2 Å². The summed E-state index contributed by atoms with van der Waals surface area (Å²) in [6.07, 6.45) is 1.96. The van der Waals surface area contributed by atoms with Crippen LogP contribution in [0.1, 0.15) is 35.7 Å². The summed E-state index contributed by atoms with van der Waals surface area (Å²) < 4.78 is 34.3. The third-order valence-corrected chi connectivity index (χ3v) is 5.26. The first-order valence-electron chi connectivity index (χ1n) is 9.24. The van der Waals surface area contributed by atoms with Crippen LogP contribution in [0.15, 0.2) is 36.4 Å². The highest BCUT2D eigenvalue weighted by Crippen LogP contribution is 2.32. The van der Waals surface area contributed by atoms with Crippen LogP contribution in [0.25, 0.3) is 0 Å². The van der Waals surface area contributed by atoms with Crippen molar-refractivity contribution in [2.24, 2.45) is 0 Å². The van der Waals surface area contributed by atoms with Crippen molar-refractivity contribution in [3.05, 3.63) is 59.2 Å². The Kier molecular flexibility index (Phi) is 4.53. The predicted octanol–water partition coefficient (Wildman–Crippen LogP) is 3.68. The lowest BCUT2D eigenvalue weighted by molar-refractivity contribution is -0.134. The monoisotopic (exact) mass is 386 g/mol. The number of hydrogen-bond donors (Lipinski definition) is 1. The Labute approximate surface area is 161 Å². The molecule has 2 aliphatic heterocycles. The Morgan fingerprint density at radius 3 is 2.46 bits per heavy atom. The van der Waals surface area contributed by atoms with Gasteiger partial charge in [0.15, 0.2) is 17.2 Å². The number of anilines is 2. The molecule has 5 nitrogen and oxygen atoms in total. The smallest absolute Gasteiger partial charge is 0.339 e. The molecule has 0 aliphatic carbocycles. The van der Waals surface area contributed by atoms with Gasteiger partial charge in [-0.25, -0.2) is 13.6 Å². The van der Waals surface area contributed by atoms with Gasteiger partial charge in [0.25, 0.3) is 5.91 Å². The molecule has 2 aromatic rings. The summed E-state index contributed by atoms with van der Waals surface area (Å²) in [4.78, 5) is 26.7. The minimum absolute atomic E-state index is 0.0147. The second kappa shape index (κ2) is 6.89. The number of benzene rings is 2. The van der Waals surface area contributed by atoms with E-state index >= 15 is 0 Å². The molecule has 0 aromatic heterocycles. The number of nitrogens with one attached hydrogen (secondary N) is 1. The number of amides is 1. The van der Waals surface area contributed by atoms with Gasteiger partial charge in [0.2, 0.25) is 0 Å². The third kappa shape index (κ3) is 3.21. The summed E-state index contributed by atoms with van der Waals surface area (Å²) in [5.74, 6) is -2.69. The highest BCUT2D eigenvalue weighted by Gasteiger charge is 2.42. The van der Waals surface area contributed by atoms with Gasteiger partial charge in [-0.2, -0.15) is 0 Å². The lowest BCUT2D eigenvalue weighted by atomic mass is 9.89. The van der Waals surface area contributed by atoms with Crippen molar-refractivity contribution >= 4 is 23.3 Å².